The predicted octanol–water partition coefficient (Wildman–Crippen LogP) is 2.14. The van der Waals surface area contributed by atoms with Gasteiger partial charge in [0.15, 0.2) is 0 Å². The van der Waals surface area contributed by atoms with E-state index < -0.39 is 16.3 Å². The quantitative estimate of drug-likeness (QED) is 0.226. The monoisotopic (exact) mass is 490 g/mol. The molecule has 2 amide bonds. The lowest BCUT2D eigenvalue weighted by Crippen LogP contribution is -2.49. The van der Waals surface area contributed by atoms with E-state index in [1.54, 1.807) is 24.3 Å². The molecule has 3 rings (SSSR count). The first-order chi connectivity index (χ1) is 16.3. The van der Waals surface area contributed by atoms with Crippen LogP contribution >= 0.6 is 0 Å². The van der Waals surface area contributed by atoms with E-state index in [2.05, 4.69) is 4.18 Å². The first kappa shape index (κ1) is 26.0. The van der Waals surface area contributed by atoms with Crippen LogP contribution in [0.3, 0.4) is 0 Å². The Kier molecular flexibility index (Phi) is 9.31. The van der Waals surface area contributed by atoms with Crippen LogP contribution in [-0.4, -0.2) is 82.0 Å². The van der Waals surface area contributed by atoms with Crippen molar-refractivity contribution in [2.24, 2.45) is 0 Å². The number of carbonyl (C=O) groups is 2. The normalized spacial score (nSPS) is 14.6. The molecule has 0 spiro atoms. The molecule has 0 bridgehead atoms. The van der Waals surface area contributed by atoms with Crippen molar-refractivity contribution < 1.29 is 31.7 Å². The van der Waals surface area contributed by atoms with E-state index in [0.717, 1.165) is 11.8 Å². The molecule has 0 N–H and O–H groups in total. The van der Waals surface area contributed by atoms with Gasteiger partial charge in [0.25, 0.3) is 21.9 Å². The Morgan fingerprint density at radius 3 is 1.94 bits per heavy atom. The molecule has 2 aromatic rings. The zero-order chi connectivity index (χ0) is 24.6. The topological polar surface area (TPSA) is 102 Å². The first-order valence-electron chi connectivity index (χ1n) is 11.0. The Bertz CT molecular complexity index is 1040. The Balaban J connectivity index is 1.54. The van der Waals surface area contributed by atoms with Crippen molar-refractivity contribution in [1.29, 1.82) is 0 Å². The smallest absolute Gasteiger partial charge is 0.264 e. The second kappa shape index (κ2) is 12.2. The van der Waals surface area contributed by atoms with Gasteiger partial charge in [0.1, 0.15) is 0 Å². The lowest BCUT2D eigenvalue weighted by Gasteiger charge is -2.34. The fourth-order valence-corrected chi connectivity index (χ4v) is 4.05. The number of imide groups is 1. The van der Waals surface area contributed by atoms with Crippen LogP contribution in [0.1, 0.15) is 33.2 Å². The summed E-state index contributed by atoms with van der Waals surface area (Å²) in [4.78, 5) is 29.2. The van der Waals surface area contributed by atoms with Gasteiger partial charge >= 0.3 is 0 Å². The minimum absolute atomic E-state index is 0.0402. The number of hydrogen-bond acceptors (Lipinski definition) is 8. The predicted molar refractivity (Wildman–Crippen MR) is 126 cm³/mol. The Morgan fingerprint density at radius 1 is 0.824 bits per heavy atom. The fourth-order valence-electron chi connectivity index (χ4n) is 3.67. The minimum atomic E-state index is -3.47. The van der Waals surface area contributed by atoms with Gasteiger partial charge in [-0.25, -0.2) is 0 Å². The van der Waals surface area contributed by atoms with Crippen LogP contribution in [0.4, 0.5) is 0 Å². The third-order valence-electron chi connectivity index (χ3n) is 5.38. The van der Waals surface area contributed by atoms with E-state index in [0.29, 0.717) is 44.0 Å². The molecule has 10 heteroatoms. The van der Waals surface area contributed by atoms with E-state index >= 15 is 0 Å². The molecule has 1 atom stereocenters. The van der Waals surface area contributed by atoms with E-state index in [1.165, 1.54) is 4.90 Å². The molecule has 0 aromatic heterocycles. The highest BCUT2D eigenvalue weighted by molar-refractivity contribution is 7.85. The third kappa shape index (κ3) is 7.18. The molecule has 0 saturated heterocycles. The summed E-state index contributed by atoms with van der Waals surface area (Å²) in [5.74, 6) is -0.589. The van der Waals surface area contributed by atoms with E-state index in [-0.39, 0.29) is 25.0 Å². The molecule has 184 valence electrons. The maximum absolute atomic E-state index is 13.0. The molecule has 2 aromatic carbocycles. The molecule has 1 aliphatic rings. The molecule has 0 radical (unpaired) electrons. The average Bonchev–Trinajstić information content (AvgIpc) is 3.07. The fraction of sp³-hybridized carbons (Fsp3) is 0.417. The molecule has 0 saturated carbocycles. The second-order valence-corrected chi connectivity index (χ2v) is 9.51. The van der Waals surface area contributed by atoms with Crippen LogP contribution in [0, 0.1) is 0 Å². The average molecular weight is 491 g/mol. The van der Waals surface area contributed by atoms with Crippen molar-refractivity contribution >= 4 is 21.9 Å². The molecular formula is C24H30N2O7S. The highest BCUT2D eigenvalue weighted by atomic mass is 32.2. The van der Waals surface area contributed by atoms with Gasteiger partial charge in [0.2, 0.25) is 0 Å². The molecule has 34 heavy (non-hydrogen) atoms. The lowest BCUT2D eigenvalue weighted by atomic mass is 10.1. The van der Waals surface area contributed by atoms with Crippen molar-refractivity contribution in [3.63, 3.8) is 0 Å². The summed E-state index contributed by atoms with van der Waals surface area (Å²) in [6, 6.07) is 16.7. The van der Waals surface area contributed by atoms with Gasteiger partial charge in [-0.2, -0.15) is 8.42 Å². The Morgan fingerprint density at radius 2 is 1.35 bits per heavy atom. The summed E-state index contributed by atoms with van der Waals surface area (Å²) in [7, 11) is -3.47. The Hall–Kier alpha value is -2.63. The second-order valence-electron chi connectivity index (χ2n) is 7.86. The van der Waals surface area contributed by atoms with E-state index in [4.69, 9.17) is 9.47 Å². The molecular weight excluding hydrogens is 460 g/mol. The van der Waals surface area contributed by atoms with Gasteiger partial charge in [0.05, 0.1) is 56.6 Å². The van der Waals surface area contributed by atoms with E-state index in [1.807, 2.05) is 42.2 Å². The molecule has 1 heterocycles. The molecule has 9 nitrogen and oxygen atoms in total. The maximum Gasteiger partial charge on any atom is 0.264 e. The number of ether oxygens (including phenoxy) is 2. The van der Waals surface area contributed by atoms with Crippen molar-refractivity contribution in [3.8, 4) is 0 Å². The zero-order valence-electron chi connectivity index (χ0n) is 19.4. The highest BCUT2D eigenvalue weighted by Crippen LogP contribution is 2.26. The summed E-state index contributed by atoms with van der Waals surface area (Å²) in [6.07, 6.45) is 0.515. The number of nitrogens with zero attached hydrogens (tertiary/aromatic N) is 2. The van der Waals surface area contributed by atoms with Gasteiger partial charge in [-0.3, -0.25) is 23.6 Å². The molecule has 0 aliphatic carbocycles. The number of fused-ring (bicyclic) bond motifs is 1. The number of rotatable bonds is 14. The highest BCUT2D eigenvalue weighted by Gasteiger charge is 2.40. The van der Waals surface area contributed by atoms with Gasteiger partial charge < -0.3 is 9.47 Å². The SMILES string of the molecule is CC(N(CCOCCOCCOS(C)(=O)=O)Cc1ccccc1)N1C(=O)c2ccccc2C1=O. The van der Waals surface area contributed by atoms with Crippen LogP contribution in [0.5, 0.6) is 0 Å². The number of amides is 2. The van der Waals surface area contributed by atoms with E-state index in [9.17, 15) is 18.0 Å². The van der Waals surface area contributed by atoms with Crippen molar-refractivity contribution in [3.05, 3.63) is 71.3 Å². The van der Waals surface area contributed by atoms with Gasteiger partial charge in [-0.05, 0) is 24.6 Å². The largest absolute Gasteiger partial charge is 0.378 e. The zero-order valence-corrected chi connectivity index (χ0v) is 20.2. The molecule has 0 fully saturated rings. The van der Waals surface area contributed by atoms with Crippen molar-refractivity contribution in [2.75, 3.05) is 45.8 Å². The van der Waals surface area contributed by atoms with Crippen LogP contribution in [-0.2, 0) is 30.3 Å². The summed E-state index contributed by atoms with van der Waals surface area (Å²) in [5, 5.41) is 0. The summed E-state index contributed by atoms with van der Waals surface area (Å²) >= 11 is 0. The molecule has 1 aliphatic heterocycles. The van der Waals surface area contributed by atoms with Crippen LogP contribution in [0.25, 0.3) is 0 Å². The number of benzene rings is 2. The minimum Gasteiger partial charge on any atom is -0.378 e. The maximum atomic E-state index is 13.0. The Labute approximate surface area is 200 Å². The summed E-state index contributed by atoms with van der Waals surface area (Å²) in [5.41, 5.74) is 1.90. The summed E-state index contributed by atoms with van der Waals surface area (Å²) in [6.45, 7) is 3.95. The van der Waals surface area contributed by atoms with Gasteiger partial charge in [-0.15, -0.1) is 0 Å². The van der Waals surface area contributed by atoms with Crippen LogP contribution < -0.4 is 0 Å². The number of hydrogen-bond donors (Lipinski definition) is 0. The molecule has 1 unspecified atom stereocenters. The van der Waals surface area contributed by atoms with Gasteiger partial charge in [0, 0.05) is 13.1 Å². The van der Waals surface area contributed by atoms with Crippen molar-refractivity contribution in [2.45, 2.75) is 19.6 Å². The standard InChI is InChI=1S/C24H30N2O7S/c1-19(26-23(27)21-10-6-7-11-22(21)24(26)28)25(18-20-8-4-3-5-9-20)12-13-31-14-15-32-16-17-33-34(2,29)30/h3-11,19H,12-18H2,1-2H3. The van der Waals surface area contributed by atoms with Crippen LogP contribution in [0.15, 0.2) is 54.6 Å². The van der Waals surface area contributed by atoms with Crippen LogP contribution in [0.2, 0.25) is 0 Å². The lowest BCUT2D eigenvalue weighted by molar-refractivity contribution is 0.00733. The van der Waals surface area contributed by atoms with Crippen molar-refractivity contribution in [1.82, 2.24) is 9.80 Å². The summed E-state index contributed by atoms with van der Waals surface area (Å²) < 4.78 is 37.4. The third-order valence-corrected chi connectivity index (χ3v) is 5.97. The van der Waals surface area contributed by atoms with Gasteiger partial charge in [-0.1, -0.05) is 42.5 Å². The first-order valence-corrected chi connectivity index (χ1v) is 12.8. The number of carbonyl (C=O) groups excluding carboxylic acids is 2.